The van der Waals surface area contributed by atoms with Gasteiger partial charge in [0.1, 0.15) is 6.04 Å². The SMILES string of the molecule is CC(C)C[C@H](NC(=O)CCOc1ccccc1F)C(=O)O. The topological polar surface area (TPSA) is 75.6 Å². The van der Waals surface area contributed by atoms with E-state index in [0.717, 1.165) is 0 Å². The summed E-state index contributed by atoms with van der Waals surface area (Å²) in [7, 11) is 0. The molecule has 1 aromatic rings. The Morgan fingerprint density at radius 1 is 1.33 bits per heavy atom. The summed E-state index contributed by atoms with van der Waals surface area (Å²) < 4.78 is 18.4. The fourth-order valence-corrected chi connectivity index (χ4v) is 1.77. The van der Waals surface area contributed by atoms with E-state index in [2.05, 4.69) is 5.32 Å². The predicted molar refractivity (Wildman–Crippen MR) is 75.5 cm³/mol. The van der Waals surface area contributed by atoms with Crippen molar-refractivity contribution >= 4 is 11.9 Å². The summed E-state index contributed by atoms with van der Waals surface area (Å²) >= 11 is 0. The highest BCUT2D eigenvalue weighted by Crippen LogP contribution is 2.15. The number of carboxylic acids is 1. The first kappa shape index (κ1) is 16.9. The molecule has 0 aromatic heterocycles. The number of nitrogens with one attached hydrogen (secondary N) is 1. The molecule has 21 heavy (non-hydrogen) atoms. The van der Waals surface area contributed by atoms with Gasteiger partial charge in [-0.2, -0.15) is 0 Å². The maximum Gasteiger partial charge on any atom is 0.326 e. The molecule has 1 rings (SSSR count). The monoisotopic (exact) mass is 297 g/mol. The van der Waals surface area contributed by atoms with E-state index in [9.17, 15) is 14.0 Å². The van der Waals surface area contributed by atoms with Crippen molar-refractivity contribution in [1.29, 1.82) is 0 Å². The van der Waals surface area contributed by atoms with Gasteiger partial charge in [-0.05, 0) is 24.5 Å². The molecule has 2 N–H and O–H groups in total. The molecular weight excluding hydrogens is 277 g/mol. The summed E-state index contributed by atoms with van der Waals surface area (Å²) in [6.07, 6.45) is 0.325. The minimum Gasteiger partial charge on any atom is -0.490 e. The molecule has 0 aliphatic heterocycles. The maximum atomic E-state index is 13.3. The van der Waals surface area contributed by atoms with Crippen molar-refractivity contribution in [3.05, 3.63) is 30.1 Å². The third-order valence-electron chi connectivity index (χ3n) is 2.76. The van der Waals surface area contributed by atoms with E-state index in [1.165, 1.54) is 18.2 Å². The normalized spacial score (nSPS) is 12.0. The lowest BCUT2D eigenvalue weighted by Gasteiger charge is -2.16. The van der Waals surface area contributed by atoms with Crippen molar-refractivity contribution in [2.24, 2.45) is 5.92 Å². The van der Waals surface area contributed by atoms with Crippen molar-refractivity contribution in [3.63, 3.8) is 0 Å². The summed E-state index contributed by atoms with van der Waals surface area (Å²) in [5.41, 5.74) is 0. The van der Waals surface area contributed by atoms with Crippen LogP contribution in [-0.2, 0) is 9.59 Å². The van der Waals surface area contributed by atoms with Gasteiger partial charge in [0, 0.05) is 0 Å². The third-order valence-corrected chi connectivity index (χ3v) is 2.76. The minimum atomic E-state index is -1.06. The Morgan fingerprint density at radius 3 is 2.57 bits per heavy atom. The van der Waals surface area contributed by atoms with Gasteiger partial charge in [0.25, 0.3) is 0 Å². The molecule has 1 aromatic carbocycles. The van der Waals surface area contributed by atoms with Crippen molar-refractivity contribution in [1.82, 2.24) is 5.32 Å². The van der Waals surface area contributed by atoms with Gasteiger partial charge < -0.3 is 15.2 Å². The first-order valence-corrected chi connectivity index (χ1v) is 6.79. The summed E-state index contributed by atoms with van der Waals surface area (Å²) in [6, 6.07) is 4.98. The zero-order valence-electron chi connectivity index (χ0n) is 12.1. The standard InChI is InChI=1S/C15H20FNO4/c1-10(2)9-12(15(19)20)17-14(18)7-8-21-13-6-4-3-5-11(13)16/h3-6,10,12H,7-9H2,1-2H3,(H,17,18)(H,19,20)/t12-/m0/s1. The fraction of sp³-hybridized carbons (Fsp3) is 0.467. The molecule has 0 saturated heterocycles. The van der Waals surface area contributed by atoms with Crippen LogP contribution in [0.15, 0.2) is 24.3 Å². The number of halogens is 1. The van der Waals surface area contributed by atoms with E-state index in [1.807, 2.05) is 13.8 Å². The zero-order valence-corrected chi connectivity index (χ0v) is 12.1. The lowest BCUT2D eigenvalue weighted by molar-refractivity contribution is -0.142. The Balaban J connectivity index is 2.39. The number of carboxylic acid groups (broad SMARTS) is 1. The number of benzene rings is 1. The van der Waals surface area contributed by atoms with Gasteiger partial charge in [0.15, 0.2) is 11.6 Å². The van der Waals surface area contributed by atoms with Gasteiger partial charge in [-0.3, -0.25) is 4.79 Å². The molecule has 5 nitrogen and oxygen atoms in total. The average Bonchev–Trinajstić information content (AvgIpc) is 2.39. The molecule has 0 bridgehead atoms. The van der Waals surface area contributed by atoms with Crippen LogP contribution in [0.2, 0.25) is 0 Å². The first-order chi connectivity index (χ1) is 9.90. The Kier molecular flexibility index (Phi) is 6.65. The van der Waals surface area contributed by atoms with Crippen LogP contribution in [0.5, 0.6) is 5.75 Å². The molecule has 0 heterocycles. The van der Waals surface area contributed by atoms with Gasteiger partial charge in [-0.1, -0.05) is 26.0 Å². The Labute approximate surface area is 123 Å². The Morgan fingerprint density at radius 2 is 2.00 bits per heavy atom. The number of hydrogen-bond acceptors (Lipinski definition) is 3. The second-order valence-corrected chi connectivity index (χ2v) is 5.12. The van der Waals surface area contributed by atoms with E-state index in [-0.39, 0.29) is 24.7 Å². The van der Waals surface area contributed by atoms with E-state index < -0.39 is 23.7 Å². The molecule has 0 saturated carbocycles. The van der Waals surface area contributed by atoms with E-state index >= 15 is 0 Å². The molecule has 1 amide bonds. The molecule has 1 atom stereocenters. The number of para-hydroxylation sites is 1. The molecule has 0 spiro atoms. The molecule has 0 fully saturated rings. The first-order valence-electron chi connectivity index (χ1n) is 6.79. The average molecular weight is 297 g/mol. The number of rotatable bonds is 8. The van der Waals surface area contributed by atoms with Gasteiger partial charge in [0.05, 0.1) is 13.0 Å². The van der Waals surface area contributed by atoms with Crippen LogP contribution in [0.25, 0.3) is 0 Å². The van der Waals surface area contributed by atoms with Crippen LogP contribution >= 0.6 is 0 Å². The number of aliphatic carboxylic acids is 1. The van der Waals surface area contributed by atoms with Crippen molar-refractivity contribution < 1.29 is 23.8 Å². The van der Waals surface area contributed by atoms with Crippen LogP contribution in [0, 0.1) is 11.7 Å². The Hall–Kier alpha value is -2.11. The number of carbonyl (C=O) groups excluding carboxylic acids is 1. The highest BCUT2D eigenvalue weighted by molar-refractivity contribution is 5.83. The zero-order chi connectivity index (χ0) is 15.8. The van der Waals surface area contributed by atoms with Crippen molar-refractivity contribution in [2.75, 3.05) is 6.61 Å². The van der Waals surface area contributed by atoms with E-state index in [0.29, 0.717) is 6.42 Å². The summed E-state index contributed by atoms with van der Waals surface area (Å²) in [5, 5.41) is 11.5. The summed E-state index contributed by atoms with van der Waals surface area (Å²) in [6.45, 7) is 3.74. The lowest BCUT2D eigenvalue weighted by Crippen LogP contribution is -2.42. The van der Waals surface area contributed by atoms with E-state index in [1.54, 1.807) is 6.07 Å². The molecule has 0 unspecified atom stereocenters. The van der Waals surface area contributed by atoms with Gasteiger partial charge in [-0.15, -0.1) is 0 Å². The maximum absolute atomic E-state index is 13.3. The smallest absolute Gasteiger partial charge is 0.326 e. The van der Waals surface area contributed by atoms with Crippen LogP contribution < -0.4 is 10.1 Å². The Bertz CT molecular complexity index is 490. The van der Waals surface area contributed by atoms with Crippen LogP contribution in [0.1, 0.15) is 26.7 Å². The van der Waals surface area contributed by atoms with Crippen LogP contribution in [0.4, 0.5) is 4.39 Å². The van der Waals surface area contributed by atoms with Gasteiger partial charge >= 0.3 is 5.97 Å². The third kappa shape index (κ3) is 6.25. The minimum absolute atomic E-state index is 0.0131. The summed E-state index contributed by atoms with van der Waals surface area (Å²) in [4.78, 5) is 22.7. The van der Waals surface area contributed by atoms with Crippen molar-refractivity contribution in [3.8, 4) is 5.75 Å². The van der Waals surface area contributed by atoms with Gasteiger partial charge in [-0.25, -0.2) is 9.18 Å². The molecular formula is C15H20FNO4. The second kappa shape index (κ2) is 8.24. The molecule has 116 valence electrons. The largest absolute Gasteiger partial charge is 0.490 e. The van der Waals surface area contributed by atoms with Crippen LogP contribution in [-0.4, -0.2) is 29.6 Å². The highest BCUT2D eigenvalue weighted by atomic mass is 19.1. The van der Waals surface area contributed by atoms with Crippen LogP contribution in [0.3, 0.4) is 0 Å². The summed E-state index contributed by atoms with van der Waals surface area (Å²) in [5.74, 6) is -1.77. The lowest BCUT2D eigenvalue weighted by atomic mass is 10.0. The molecule has 0 aliphatic rings. The predicted octanol–water partition coefficient (Wildman–Crippen LogP) is 2.21. The molecule has 0 radical (unpaired) electrons. The highest BCUT2D eigenvalue weighted by Gasteiger charge is 2.20. The number of carbonyl (C=O) groups is 2. The second-order valence-electron chi connectivity index (χ2n) is 5.12. The molecule has 0 aliphatic carbocycles. The van der Waals surface area contributed by atoms with Gasteiger partial charge in [0.2, 0.25) is 5.91 Å². The fourth-order valence-electron chi connectivity index (χ4n) is 1.77. The quantitative estimate of drug-likeness (QED) is 0.771. The number of ether oxygens (including phenoxy) is 1. The number of amides is 1. The van der Waals surface area contributed by atoms with E-state index in [4.69, 9.17) is 9.84 Å². The van der Waals surface area contributed by atoms with Crippen molar-refractivity contribution in [2.45, 2.75) is 32.7 Å². The number of hydrogen-bond donors (Lipinski definition) is 2. The molecule has 6 heteroatoms.